The van der Waals surface area contributed by atoms with Crippen LogP contribution in [0.2, 0.25) is 18.6 Å². The Morgan fingerprint density at radius 1 is 1.16 bits per heavy atom. The maximum Gasteiger partial charge on any atom is 0.407 e. The highest BCUT2D eigenvalue weighted by Crippen LogP contribution is 2.42. The van der Waals surface area contributed by atoms with Gasteiger partial charge in [-0.15, -0.1) is 0 Å². The number of rotatable bonds is 6. The Kier molecular flexibility index (Phi) is 7.23. The van der Waals surface area contributed by atoms with Gasteiger partial charge in [-0.2, -0.15) is 0 Å². The lowest BCUT2D eigenvalue weighted by atomic mass is 9.87. The molecule has 6 heteroatoms. The topological polar surface area (TPSA) is 64.6 Å². The minimum Gasteiger partial charge on any atom is -0.467 e. The van der Waals surface area contributed by atoms with Gasteiger partial charge < -0.3 is 14.8 Å². The van der Waals surface area contributed by atoms with E-state index < -0.39 is 26.2 Å². The summed E-state index contributed by atoms with van der Waals surface area (Å²) in [7, 11) is -0.801. The van der Waals surface area contributed by atoms with Gasteiger partial charge in [0.05, 0.1) is 21.8 Å². The van der Waals surface area contributed by atoms with Crippen LogP contribution in [0.5, 0.6) is 0 Å². The van der Waals surface area contributed by atoms with E-state index in [2.05, 4.69) is 51.3 Å². The van der Waals surface area contributed by atoms with Crippen LogP contribution in [0.15, 0.2) is 30.3 Å². The fourth-order valence-corrected chi connectivity index (χ4v) is 8.38. The minimum absolute atomic E-state index is 0.0840. The summed E-state index contributed by atoms with van der Waals surface area (Å²) in [6.07, 6.45) is -0.593. The molecule has 0 aromatic heterocycles. The van der Waals surface area contributed by atoms with Crippen molar-refractivity contribution in [1.82, 2.24) is 5.32 Å². The summed E-state index contributed by atoms with van der Waals surface area (Å²) in [5.41, 5.74) is -0.302. The van der Waals surface area contributed by atoms with Crippen LogP contribution in [-0.2, 0) is 14.3 Å². The molecule has 1 rings (SSSR count). The Morgan fingerprint density at radius 2 is 1.72 bits per heavy atom. The first-order valence-electron chi connectivity index (χ1n) is 8.62. The molecule has 0 aliphatic rings. The lowest BCUT2D eigenvalue weighted by Gasteiger charge is -2.45. The summed E-state index contributed by atoms with van der Waals surface area (Å²) in [5.74, 6) is -0.440. The SMILES string of the molecule is CCOC(=O)N[C@H](C(=O)OC)[C@@H](C(C)(C)C)[Si](C)(C)c1ccccc1. The van der Waals surface area contributed by atoms with Gasteiger partial charge in [-0.05, 0) is 17.9 Å². The van der Waals surface area contributed by atoms with Crippen molar-refractivity contribution in [3.05, 3.63) is 30.3 Å². The molecule has 5 nitrogen and oxygen atoms in total. The first-order valence-corrected chi connectivity index (χ1v) is 11.7. The van der Waals surface area contributed by atoms with Crippen molar-refractivity contribution >= 4 is 25.3 Å². The molecule has 1 aromatic rings. The average molecular weight is 366 g/mol. The van der Waals surface area contributed by atoms with Crippen molar-refractivity contribution in [3.63, 3.8) is 0 Å². The molecular formula is C19H31NO4Si. The van der Waals surface area contributed by atoms with Gasteiger partial charge in [0.1, 0.15) is 6.04 Å². The minimum atomic E-state index is -2.15. The van der Waals surface area contributed by atoms with E-state index in [1.54, 1.807) is 6.92 Å². The number of alkyl carbamates (subject to hydrolysis) is 1. The Balaban J connectivity index is 3.38. The molecule has 25 heavy (non-hydrogen) atoms. The number of benzene rings is 1. The van der Waals surface area contributed by atoms with Crippen LogP contribution in [0.4, 0.5) is 4.79 Å². The molecule has 0 heterocycles. The van der Waals surface area contributed by atoms with Crippen molar-refractivity contribution in [2.75, 3.05) is 13.7 Å². The molecule has 1 N–H and O–H groups in total. The number of nitrogens with one attached hydrogen (secondary N) is 1. The lowest BCUT2D eigenvalue weighted by molar-refractivity contribution is -0.143. The van der Waals surface area contributed by atoms with Crippen molar-refractivity contribution in [2.45, 2.75) is 52.4 Å². The molecule has 0 fully saturated rings. The van der Waals surface area contributed by atoms with Gasteiger partial charge in [-0.3, -0.25) is 0 Å². The van der Waals surface area contributed by atoms with Crippen LogP contribution in [0.1, 0.15) is 27.7 Å². The van der Waals surface area contributed by atoms with Crippen LogP contribution in [0.25, 0.3) is 0 Å². The molecule has 0 bridgehead atoms. The number of hydrogen-bond donors (Lipinski definition) is 1. The number of methoxy groups -OCH3 is 1. The number of amides is 1. The zero-order chi connectivity index (χ0) is 19.3. The van der Waals surface area contributed by atoms with Crippen LogP contribution in [0.3, 0.4) is 0 Å². The van der Waals surface area contributed by atoms with E-state index >= 15 is 0 Å². The highest BCUT2D eigenvalue weighted by molar-refractivity contribution is 6.91. The fraction of sp³-hybridized carbons (Fsp3) is 0.579. The van der Waals surface area contributed by atoms with Crippen LogP contribution < -0.4 is 10.5 Å². The Hall–Kier alpha value is -1.82. The first kappa shape index (κ1) is 21.2. The third kappa shape index (κ3) is 5.32. The van der Waals surface area contributed by atoms with Crippen molar-refractivity contribution in [3.8, 4) is 0 Å². The van der Waals surface area contributed by atoms with Gasteiger partial charge in [0.25, 0.3) is 0 Å². The summed E-state index contributed by atoms with van der Waals surface area (Å²) in [5, 5.41) is 3.98. The van der Waals surface area contributed by atoms with Crippen LogP contribution in [0, 0.1) is 5.41 Å². The molecule has 0 saturated heterocycles. The molecule has 0 unspecified atom stereocenters. The van der Waals surface area contributed by atoms with Gasteiger partial charge in [-0.1, -0.05) is 69.4 Å². The highest BCUT2D eigenvalue weighted by Gasteiger charge is 2.49. The predicted octanol–water partition coefficient (Wildman–Crippen LogP) is 3.31. The summed E-state index contributed by atoms with van der Waals surface area (Å²) in [6.45, 7) is 12.7. The number of carbonyl (C=O) groups is 2. The first-order chi connectivity index (χ1) is 11.6. The Morgan fingerprint density at radius 3 is 2.16 bits per heavy atom. The van der Waals surface area contributed by atoms with E-state index in [4.69, 9.17) is 9.47 Å². The van der Waals surface area contributed by atoms with E-state index in [-0.39, 0.29) is 17.6 Å². The molecule has 1 amide bonds. The maximum absolute atomic E-state index is 12.5. The second-order valence-electron chi connectivity index (χ2n) is 7.80. The smallest absolute Gasteiger partial charge is 0.407 e. The molecule has 0 aliphatic carbocycles. The van der Waals surface area contributed by atoms with E-state index in [0.29, 0.717) is 0 Å². The third-order valence-electron chi connectivity index (χ3n) is 4.57. The largest absolute Gasteiger partial charge is 0.467 e. The van der Waals surface area contributed by atoms with Gasteiger partial charge in [-0.25, -0.2) is 9.59 Å². The van der Waals surface area contributed by atoms with E-state index in [1.807, 2.05) is 18.2 Å². The summed E-state index contributed by atoms with van der Waals surface area (Å²) in [4.78, 5) is 24.6. The van der Waals surface area contributed by atoms with Crippen LogP contribution >= 0.6 is 0 Å². The molecule has 0 saturated carbocycles. The predicted molar refractivity (Wildman–Crippen MR) is 103 cm³/mol. The third-order valence-corrected chi connectivity index (χ3v) is 9.14. The molecular weight excluding hydrogens is 334 g/mol. The molecule has 2 atom stereocenters. The number of hydrogen-bond acceptors (Lipinski definition) is 4. The van der Waals surface area contributed by atoms with E-state index in [0.717, 1.165) is 0 Å². The maximum atomic E-state index is 12.5. The van der Waals surface area contributed by atoms with Gasteiger partial charge in [0.15, 0.2) is 0 Å². The fourth-order valence-electron chi connectivity index (χ4n) is 3.75. The zero-order valence-corrected chi connectivity index (χ0v) is 17.4. The lowest BCUT2D eigenvalue weighted by Crippen LogP contribution is -2.60. The monoisotopic (exact) mass is 365 g/mol. The summed E-state index contributed by atoms with van der Waals surface area (Å²) >= 11 is 0. The number of carbonyl (C=O) groups excluding carboxylic acids is 2. The van der Waals surface area contributed by atoms with Gasteiger partial charge in [0.2, 0.25) is 0 Å². The van der Waals surface area contributed by atoms with E-state index in [1.165, 1.54) is 12.3 Å². The zero-order valence-electron chi connectivity index (χ0n) is 16.4. The summed E-state index contributed by atoms with van der Waals surface area (Å²) in [6, 6.07) is 9.44. The van der Waals surface area contributed by atoms with Crippen molar-refractivity contribution in [1.29, 1.82) is 0 Å². The molecule has 0 aliphatic heterocycles. The average Bonchev–Trinajstić information content (AvgIpc) is 2.53. The second-order valence-corrected chi connectivity index (χ2v) is 12.4. The summed E-state index contributed by atoms with van der Waals surface area (Å²) < 4.78 is 10.0. The van der Waals surface area contributed by atoms with Crippen LogP contribution in [-0.4, -0.2) is 39.9 Å². The molecule has 0 radical (unpaired) electrons. The van der Waals surface area contributed by atoms with E-state index in [9.17, 15) is 9.59 Å². The highest BCUT2D eigenvalue weighted by atomic mass is 28.3. The standard InChI is InChI=1S/C19H31NO4Si/c1-8-24-18(22)20-15(17(21)23-5)16(19(2,3)4)25(6,7)14-12-10-9-11-13-14/h9-13,15-16H,8H2,1-7H3,(H,20,22)/t15-,16-/m0/s1. The molecule has 1 aromatic carbocycles. The quantitative estimate of drug-likeness (QED) is 0.620. The number of ether oxygens (including phenoxy) is 2. The molecule has 140 valence electrons. The van der Waals surface area contributed by atoms with Crippen molar-refractivity contribution in [2.24, 2.45) is 5.41 Å². The Bertz CT molecular complexity index is 581. The molecule has 0 spiro atoms. The normalized spacial score (nSPS) is 14.4. The van der Waals surface area contributed by atoms with Gasteiger partial charge in [0, 0.05) is 0 Å². The van der Waals surface area contributed by atoms with Crippen molar-refractivity contribution < 1.29 is 19.1 Å². The Labute approximate surface area is 152 Å². The van der Waals surface area contributed by atoms with Gasteiger partial charge >= 0.3 is 12.1 Å². The second kappa shape index (κ2) is 8.51. The number of esters is 1.